The van der Waals surface area contributed by atoms with Gasteiger partial charge in [-0.3, -0.25) is 4.79 Å². The molecule has 0 aliphatic carbocycles. The lowest BCUT2D eigenvalue weighted by Crippen LogP contribution is -2.50. The zero-order chi connectivity index (χ0) is 13.9. The Morgan fingerprint density at radius 3 is 2.39 bits per heavy atom. The van der Waals surface area contributed by atoms with Crippen molar-refractivity contribution in [2.75, 3.05) is 26.7 Å². The van der Waals surface area contributed by atoms with Crippen molar-refractivity contribution in [3.63, 3.8) is 0 Å². The number of nitrogens with zero attached hydrogens (tertiary/aromatic N) is 2. The number of hydrogen-bond acceptors (Lipinski definition) is 3. The maximum atomic E-state index is 12.4. The van der Waals surface area contributed by atoms with Crippen LogP contribution in [0.2, 0.25) is 0 Å². The van der Waals surface area contributed by atoms with Gasteiger partial charge in [0.05, 0.1) is 6.04 Å². The SMILES string of the molecule is CC(C)[C@H](N)C(=O)N(CC1CCN(C)C1)C(C)C. The molecule has 1 fully saturated rings. The molecule has 0 spiro atoms. The van der Waals surface area contributed by atoms with E-state index in [0.29, 0.717) is 5.92 Å². The van der Waals surface area contributed by atoms with Crippen molar-refractivity contribution in [3.8, 4) is 0 Å². The second kappa shape index (κ2) is 6.53. The number of carbonyl (C=O) groups is 1. The lowest BCUT2D eigenvalue weighted by atomic mass is 10.0. The Bertz CT molecular complexity index is 278. The van der Waals surface area contributed by atoms with Gasteiger partial charge in [0.25, 0.3) is 0 Å². The predicted molar refractivity (Wildman–Crippen MR) is 75.3 cm³/mol. The zero-order valence-electron chi connectivity index (χ0n) is 12.5. The van der Waals surface area contributed by atoms with Gasteiger partial charge < -0.3 is 15.5 Å². The van der Waals surface area contributed by atoms with E-state index in [1.165, 1.54) is 6.42 Å². The second-order valence-electron chi connectivity index (χ2n) is 6.27. The Hall–Kier alpha value is -0.610. The summed E-state index contributed by atoms with van der Waals surface area (Å²) in [5.74, 6) is 0.903. The van der Waals surface area contributed by atoms with E-state index >= 15 is 0 Å². The molecule has 1 saturated heterocycles. The van der Waals surface area contributed by atoms with E-state index in [9.17, 15) is 4.79 Å². The highest BCUT2D eigenvalue weighted by atomic mass is 16.2. The average Bonchev–Trinajstić information content (AvgIpc) is 2.69. The number of hydrogen-bond donors (Lipinski definition) is 1. The molecule has 1 heterocycles. The standard InChI is InChI=1S/C14H29N3O/c1-10(2)13(15)14(18)17(11(3)4)9-12-6-7-16(5)8-12/h10-13H,6-9,15H2,1-5H3/t12?,13-/m0/s1. The first-order chi connectivity index (χ1) is 8.32. The smallest absolute Gasteiger partial charge is 0.239 e. The lowest BCUT2D eigenvalue weighted by molar-refractivity contribution is -0.136. The minimum absolute atomic E-state index is 0.106. The highest BCUT2D eigenvalue weighted by Gasteiger charge is 2.29. The zero-order valence-corrected chi connectivity index (χ0v) is 12.5. The topological polar surface area (TPSA) is 49.6 Å². The van der Waals surface area contributed by atoms with Crippen molar-refractivity contribution in [2.24, 2.45) is 17.6 Å². The molecule has 0 aromatic rings. The fourth-order valence-electron chi connectivity index (χ4n) is 2.49. The van der Waals surface area contributed by atoms with Gasteiger partial charge in [-0.15, -0.1) is 0 Å². The molecule has 0 radical (unpaired) electrons. The molecule has 0 bridgehead atoms. The van der Waals surface area contributed by atoms with E-state index in [1.54, 1.807) is 0 Å². The third kappa shape index (κ3) is 3.95. The van der Waals surface area contributed by atoms with Crippen LogP contribution in [0.3, 0.4) is 0 Å². The number of rotatable bonds is 5. The Morgan fingerprint density at radius 1 is 1.39 bits per heavy atom. The maximum absolute atomic E-state index is 12.4. The average molecular weight is 255 g/mol. The van der Waals surface area contributed by atoms with Crippen molar-refractivity contribution in [3.05, 3.63) is 0 Å². The summed E-state index contributed by atoms with van der Waals surface area (Å²) < 4.78 is 0. The van der Waals surface area contributed by atoms with E-state index in [0.717, 1.165) is 19.6 Å². The van der Waals surface area contributed by atoms with E-state index in [-0.39, 0.29) is 23.9 Å². The Balaban J connectivity index is 2.62. The normalized spacial score (nSPS) is 22.8. The summed E-state index contributed by atoms with van der Waals surface area (Å²) in [6.45, 7) is 11.2. The van der Waals surface area contributed by atoms with Crippen LogP contribution in [0.15, 0.2) is 0 Å². The van der Waals surface area contributed by atoms with Gasteiger partial charge in [-0.25, -0.2) is 0 Å². The van der Waals surface area contributed by atoms with Gasteiger partial charge in [0.15, 0.2) is 0 Å². The Kier molecular flexibility index (Phi) is 5.60. The molecule has 1 aliphatic rings. The van der Waals surface area contributed by atoms with Crippen molar-refractivity contribution in [1.82, 2.24) is 9.80 Å². The van der Waals surface area contributed by atoms with Gasteiger partial charge >= 0.3 is 0 Å². The van der Waals surface area contributed by atoms with Crippen LogP contribution in [0.5, 0.6) is 0 Å². The first-order valence-electron chi connectivity index (χ1n) is 7.07. The quantitative estimate of drug-likeness (QED) is 0.802. The third-order valence-corrected chi connectivity index (χ3v) is 3.85. The van der Waals surface area contributed by atoms with Crippen LogP contribution in [-0.4, -0.2) is 54.5 Å². The van der Waals surface area contributed by atoms with Gasteiger partial charge in [0, 0.05) is 19.1 Å². The molecule has 106 valence electrons. The molecule has 0 saturated carbocycles. The Labute approximate surface area is 111 Å². The van der Waals surface area contributed by atoms with Crippen molar-refractivity contribution < 1.29 is 4.79 Å². The lowest BCUT2D eigenvalue weighted by Gasteiger charge is -2.32. The highest BCUT2D eigenvalue weighted by Crippen LogP contribution is 2.18. The predicted octanol–water partition coefficient (Wildman–Crippen LogP) is 1.16. The molecule has 2 N–H and O–H groups in total. The molecule has 1 aliphatic heterocycles. The van der Waals surface area contributed by atoms with Gasteiger partial charge in [-0.05, 0) is 45.7 Å². The molecule has 0 aromatic heterocycles. The van der Waals surface area contributed by atoms with Crippen LogP contribution in [0.4, 0.5) is 0 Å². The molecular weight excluding hydrogens is 226 g/mol. The summed E-state index contributed by atoms with van der Waals surface area (Å²) in [5.41, 5.74) is 6.00. The summed E-state index contributed by atoms with van der Waals surface area (Å²) in [6, 6.07) is -0.139. The molecule has 4 heteroatoms. The first kappa shape index (κ1) is 15.4. The molecule has 0 aromatic carbocycles. The first-order valence-corrected chi connectivity index (χ1v) is 7.07. The van der Waals surface area contributed by atoms with E-state index < -0.39 is 0 Å². The van der Waals surface area contributed by atoms with Crippen molar-refractivity contribution >= 4 is 5.91 Å². The highest BCUT2D eigenvalue weighted by molar-refractivity contribution is 5.82. The summed E-state index contributed by atoms with van der Waals surface area (Å²) >= 11 is 0. The minimum atomic E-state index is -0.369. The molecule has 1 rings (SSSR count). The van der Waals surface area contributed by atoms with Gasteiger partial charge in [-0.1, -0.05) is 13.8 Å². The van der Waals surface area contributed by atoms with E-state index in [1.807, 2.05) is 18.7 Å². The van der Waals surface area contributed by atoms with Crippen LogP contribution in [0.1, 0.15) is 34.1 Å². The van der Waals surface area contributed by atoms with Gasteiger partial charge in [0.1, 0.15) is 0 Å². The Morgan fingerprint density at radius 2 is 2.00 bits per heavy atom. The molecule has 4 nitrogen and oxygen atoms in total. The summed E-state index contributed by atoms with van der Waals surface area (Å²) in [5, 5.41) is 0. The van der Waals surface area contributed by atoms with Crippen LogP contribution >= 0.6 is 0 Å². The largest absolute Gasteiger partial charge is 0.339 e. The molecular formula is C14H29N3O. The van der Waals surface area contributed by atoms with Gasteiger partial charge in [-0.2, -0.15) is 0 Å². The number of carbonyl (C=O) groups excluding carboxylic acids is 1. The number of likely N-dealkylation sites (tertiary alicyclic amines) is 1. The summed E-state index contributed by atoms with van der Waals surface area (Å²) in [6.07, 6.45) is 1.18. The monoisotopic (exact) mass is 255 g/mol. The van der Waals surface area contributed by atoms with Gasteiger partial charge in [0.2, 0.25) is 5.91 Å². The number of nitrogens with two attached hydrogens (primary N) is 1. The fourth-order valence-corrected chi connectivity index (χ4v) is 2.49. The van der Waals surface area contributed by atoms with E-state index in [2.05, 4.69) is 25.8 Å². The molecule has 1 amide bonds. The summed E-state index contributed by atoms with van der Waals surface area (Å²) in [4.78, 5) is 16.7. The second-order valence-corrected chi connectivity index (χ2v) is 6.27. The summed E-state index contributed by atoms with van der Waals surface area (Å²) in [7, 11) is 2.14. The minimum Gasteiger partial charge on any atom is -0.339 e. The van der Waals surface area contributed by atoms with Crippen LogP contribution in [0, 0.1) is 11.8 Å². The van der Waals surface area contributed by atoms with E-state index in [4.69, 9.17) is 5.73 Å². The van der Waals surface area contributed by atoms with Crippen LogP contribution in [-0.2, 0) is 4.79 Å². The maximum Gasteiger partial charge on any atom is 0.239 e. The number of amides is 1. The molecule has 2 atom stereocenters. The molecule has 1 unspecified atom stereocenters. The van der Waals surface area contributed by atoms with Crippen LogP contribution < -0.4 is 5.73 Å². The van der Waals surface area contributed by atoms with Crippen LogP contribution in [0.25, 0.3) is 0 Å². The third-order valence-electron chi connectivity index (χ3n) is 3.85. The fraction of sp³-hybridized carbons (Fsp3) is 0.929. The van der Waals surface area contributed by atoms with Crippen molar-refractivity contribution in [1.29, 1.82) is 0 Å². The van der Waals surface area contributed by atoms with Crippen molar-refractivity contribution in [2.45, 2.75) is 46.2 Å². The molecule has 18 heavy (non-hydrogen) atoms.